The fourth-order valence-electron chi connectivity index (χ4n) is 3.92. The topological polar surface area (TPSA) is 89.9 Å². The second kappa shape index (κ2) is 8.42. The van der Waals surface area contributed by atoms with Crippen molar-refractivity contribution in [2.24, 2.45) is 5.16 Å². The van der Waals surface area contributed by atoms with Crippen LogP contribution in [0.5, 0.6) is 0 Å². The second-order valence-corrected chi connectivity index (χ2v) is 8.41. The number of rotatable bonds is 6. The maximum Gasteiger partial charge on any atom is 0.353 e. The molecule has 2 aromatic carbocycles. The first kappa shape index (κ1) is 21.5. The van der Waals surface area contributed by atoms with E-state index >= 15 is 0 Å². The standard InChI is InChI=1S/C25H25N3O4/c1-24(2,27-22(29)21-19-12-8-7-11-18(19)13-14-26-21)20-16-25(32-28-20,23(30)31-3)15-17-9-5-4-6-10-17/h4-14H,15-16H2,1-3H3,(H,27,29). The highest BCUT2D eigenvalue weighted by molar-refractivity contribution is 6.08. The number of hydrogen-bond acceptors (Lipinski definition) is 6. The number of nitrogens with one attached hydrogen (secondary N) is 1. The average molecular weight is 431 g/mol. The van der Waals surface area contributed by atoms with E-state index in [0.29, 0.717) is 17.8 Å². The molecule has 7 nitrogen and oxygen atoms in total. The van der Waals surface area contributed by atoms with Gasteiger partial charge in [-0.2, -0.15) is 0 Å². The SMILES string of the molecule is COC(=O)C1(Cc2ccccc2)CC(C(C)(C)NC(=O)c2nccc3ccccc23)=NO1. The van der Waals surface area contributed by atoms with Crippen molar-refractivity contribution in [2.45, 2.75) is 37.8 Å². The summed E-state index contributed by atoms with van der Waals surface area (Å²) in [6, 6.07) is 19.0. The van der Waals surface area contributed by atoms with Gasteiger partial charge in [-0.3, -0.25) is 9.78 Å². The van der Waals surface area contributed by atoms with Gasteiger partial charge in [0.25, 0.3) is 5.91 Å². The maximum absolute atomic E-state index is 13.1. The lowest BCUT2D eigenvalue weighted by atomic mass is 9.84. The summed E-state index contributed by atoms with van der Waals surface area (Å²) in [4.78, 5) is 35.8. The van der Waals surface area contributed by atoms with Crippen LogP contribution in [0.25, 0.3) is 10.8 Å². The Kier molecular flexibility index (Phi) is 5.65. The molecule has 164 valence electrons. The Morgan fingerprint density at radius 2 is 1.81 bits per heavy atom. The molecule has 1 atom stereocenters. The summed E-state index contributed by atoms with van der Waals surface area (Å²) in [6.07, 6.45) is 2.12. The Bertz CT molecular complexity index is 1180. The molecule has 1 aliphatic rings. The summed E-state index contributed by atoms with van der Waals surface area (Å²) in [5, 5.41) is 8.91. The van der Waals surface area contributed by atoms with E-state index in [4.69, 9.17) is 9.57 Å². The van der Waals surface area contributed by atoms with Gasteiger partial charge in [-0.25, -0.2) is 4.79 Å². The van der Waals surface area contributed by atoms with Gasteiger partial charge in [0.15, 0.2) is 0 Å². The molecule has 1 N–H and O–H groups in total. The molecule has 0 radical (unpaired) electrons. The fourth-order valence-corrected chi connectivity index (χ4v) is 3.92. The van der Waals surface area contributed by atoms with E-state index in [1.807, 2.05) is 74.5 Å². The third-order valence-corrected chi connectivity index (χ3v) is 5.71. The Labute approximate surface area is 186 Å². The number of carbonyl (C=O) groups is 2. The van der Waals surface area contributed by atoms with Crippen molar-refractivity contribution in [3.8, 4) is 0 Å². The zero-order valence-corrected chi connectivity index (χ0v) is 18.3. The minimum Gasteiger partial charge on any atom is -0.466 e. The van der Waals surface area contributed by atoms with Crippen LogP contribution in [0, 0.1) is 0 Å². The molecule has 1 aromatic heterocycles. The number of esters is 1. The van der Waals surface area contributed by atoms with Gasteiger partial charge in [0, 0.05) is 24.4 Å². The molecule has 7 heteroatoms. The number of hydrogen-bond donors (Lipinski definition) is 1. The zero-order chi connectivity index (χ0) is 22.8. The van der Waals surface area contributed by atoms with Crippen LogP contribution in [0.4, 0.5) is 0 Å². The van der Waals surface area contributed by atoms with Gasteiger partial charge in [0.2, 0.25) is 5.60 Å². The van der Waals surface area contributed by atoms with E-state index in [2.05, 4.69) is 15.5 Å². The number of ether oxygens (including phenoxy) is 1. The highest BCUT2D eigenvalue weighted by atomic mass is 16.7. The molecular weight excluding hydrogens is 406 g/mol. The third-order valence-electron chi connectivity index (χ3n) is 5.71. The lowest BCUT2D eigenvalue weighted by Gasteiger charge is -2.28. The summed E-state index contributed by atoms with van der Waals surface area (Å²) >= 11 is 0. The predicted molar refractivity (Wildman–Crippen MR) is 121 cm³/mol. The Hall–Kier alpha value is -3.74. The summed E-state index contributed by atoms with van der Waals surface area (Å²) in [5.74, 6) is -0.828. The molecule has 0 bridgehead atoms. The highest BCUT2D eigenvalue weighted by Crippen LogP contribution is 2.33. The maximum atomic E-state index is 13.1. The number of nitrogens with zero attached hydrogens (tertiary/aromatic N) is 2. The summed E-state index contributed by atoms with van der Waals surface area (Å²) in [7, 11) is 1.33. The molecule has 3 aromatic rings. The number of carbonyl (C=O) groups excluding carboxylic acids is 2. The first-order chi connectivity index (χ1) is 15.3. The smallest absolute Gasteiger partial charge is 0.353 e. The largest absolute Gasteiger partial charge is 0.466 e. The average Bonchev–Trinajstić information content (AvgIpc) is 3.24. The molecule has 0 saturated carbocycles. The fraction of sp³-hybridized carbons (Fsp3) is 0.280. The van der Waals surface area contributed by atoms with Crippen LogP contribution >= 0.6 is 0 Å². The minimum atomic E-state index is -1.27. The number of methoxy groups -OCH3 is 1. The zero-order valence-electron chi connectivity index (χ0n) is 18.3. The monoisotopic (exact) mass is 431 g/mol. The highest BCUT2D eigenvalue weighted by Gasteiger charge is 2.51. The van der Waals surface area contributed by atoms with Crippen molar-refractivity contribution >= 4 is 28.4 Å². The molecule has 0 spiro atoms. The van der Waals surface area contributed by atoms with Gasteiger partial charge in [0.05, 0.1) is 18.4 Å². The number of amides is 1. The molecule has 1 amide bonds. The molecule has 4 rings (SSSR count). The number of aromatic nitrogens is 1. The molecule has 1 aliphatic heterocycles. The van der Waals surface area contributed by atoms with Crippen LogP contribution in [-0.2, 0) is 20.8 Å². The van der Waals surface area contributed by atoms with Crippen molar-refractivity contribution in [1.29, 1.82) is 0 Å². The third kappa shape index (κ3) is 4.06. The Morgan fingerprint density at radius 1 is 1.09 bits per heavy atom. The van der Waals surface area contributed by atoms with Gasteiger partial charge >= 0.3 is 5.97 Å². The molecule has 32 heavy (non-hydrogen) atoms. The predicted octanol–water partition coefficient (Wildman–Crippen LogP) is 3.67. The van der Waals surface area contributed by atoms with Crippen LogP contribution in [0.3, 0.4) is 0 Å². The van der Waals surface area contributed by atoms with Gasteiger partial charge in [0.1, 0.15) is 5.69 Å². The Morgan fingerprint density at radius 3 is 2.56 bits per heavy atom. The van der Waals surface area contributed by atoms with Crippen molar-refractivity contribution < 1.29 is 19.2 Å². The normalized spacial score (nSPS) is 18.0. The van der Waals surface area contributed by atoms with Gasteiger partial charge in [-0.15, -0.1) is 0 Å². The first-order valence-electron chi connectivity index (χ1n) is 10.4. The van der Waals surface area contributed by atoms with Crippen molar-refractivity contribution in [3.05, 3.63) is 78.1 Å². The number of benzene rings is 2. The molecule has 0 aliphatic carbocycles. The van der Waals surface area contributed by atoms with E-state index in [1.54, 1.807) is 6.20 Å². The summed E-state index contributed by atoms with van der Waals surface area (Å²) in [5.41, 5.74) is -0.337. The van der Waals surface area contributed by atoms with E-state index in [0.717, 1.165) is 16.3 Å². The Balaban J connectivity index is 1.56. The number of pyridine rings is 1. The van der Waals surface area contributed by atoms with Crippen LogP contribution in [0.1, 0.15) is 36.3 Å². The number of oxime groups is 1. The lowest BCUT2D eigenvalue weighted by molar-refractivity contribution is -0.166. The van der Waals surface area contributed by atoms with Gasteiger partial charge < -0.3 is 14.9 Å². The summed E-state index contributed by atoms with van der Waals surface area (Å²) < 4.78 is 5.03. The minimum absolute atomic E-state index is 0.199. The molecule has 2 heterocycles. The van der Waals surface area contributed by atoms with Crippen LogP contribution in [0.2, 0.25) is 0 Å². The van der Waals surface area contributed by atoms with E-state index in [1.165, 1.54) is 7.11 Å². The molecular formula is C25H25N3O4. The summed E-state index contributed by atoms with van der Waals surface area (Å²) in [6.45, 7) is 3.65. The number of fused-ring (bicyclic) bond motifs is 1. The first-order valence-corrected chi connectivity index (χ1v) is 10.4. The van der Waals surface area contributed by atoms with Crippen LogP contribution in [0.15, 0.2) is 72.0 Å². The molecule has 0 saturated heterocycles. The van der Waals surface area contributed by atoms with Crippen molar-refractivity contribution in [2.75, 3.05) is 7.11 Å². The molecule has 1 unspecified atom stereocenters. The van der Waals surface area contributed by atoms with E-state index in [9.17, 15) is 9.59 Å². The van der Waals surface area contributed by atoms with Gasteiger partial charge in [-0.05, 0) is 30.9 Å². The van der Waals surface area contributed by atoms with E-state index in [-0.39, 0.29) is 12.3 Å². The molecule has 0 fully saturated rings. The van der Waals surface area contributed by atoms with Crippen molar-refractivity contribution in [1.82, 2.24) is 10.3 Å². The quantitative estimate of drug-likeness (QED) is 0.602. The van der Waals surface area contributed by atoms with Crippen LogP contribution < -0.4 is 5.32 Å². The van der Waals surface area contributed by atoms with Crippen LogP contribution in [-0.4, -0.2) is 40.8 Å². The van der Waals surface area contributed by atoms with E-state index < -0.39 is 17.1 Å². The van der Waals surface area contributed by atoms with Crippen molar-refractivity contribution in [3.63, 3.8) is 0 Å². The lowest BCUT2D eigenvalue weighted by Crippen LogP contribution is -2.51. The second-order valence-electron chi connectivity index (χ2n) is 8.41. The van der Waals surface area contributed by atoms with Gasteiger partial charge in [-0.1, -0.05) is 59.8 Å².